The molecule has 288 valence electrons. The molecule has 5 aromatic rings. The number of hydrogen-bond donors (Lipinski definition) is 1. The second kappa shape index (κ2) is 15.1. The zero-order chi connectivity index (χ0) is 39.7. The van der Waals surface area contributed by atoms with Gasteiger partial charge in [0.05, 0.1) is 23.8 Å². The average Bonchev–Trinajstić information content (AvgIpc) is 3.17. The number of ether oxygens (including phenoxy) is 2. The zero-order valence-electron chi connectivity index (χ0n) is 29.6. The van der Waals surface area contributed by atoms with Gasteiger partial charge in [-0.3, -0.25) is 9.59 Å². The number of likely N-dealkylation sites (tertiary alicyclic amines) is 1. The number of carbonyl (C=O) groups excluding carboxylic acids is 3. The summed E-state index contributed by atoms with van der Waals surface area (Å²) in [6, 6.07) is 21.2. The van der Waals surface area contributed by atoms with Crippen molar-refractivity contribution < 1.29 is 50.2 Å². The Morgan fingerprint density at radius 1 is 0.855 bits per heavy atom. The summed E-state index contributed by atoms with van der Waals surface area (Å²) < 4.78 is 100. The van der Waals surface area contributed by atoms with Crippen LogP contribution in [0.4, 0.5) is 31.1 Å². The molecule has 0 radical (unpaired) electrons. The van der Waals surface area contributed by atoms with Crippen molar-refractivity contribution in [1.29, 1.82) is 0 Å². The van der Waals surface area contributed by atoms with Gasteiger partial charge in [0.15, 0.2) is 5.41 Å². The van der Waals surface area contributed by atoms with Crippen LogP contribution in [0, 0.1) is 5.41 Å². The van der Waals surface area contributed by atoms with Gasteiger partial charge >= 0.3 is 24.4 Å². The van der Waals surface area contributed by atoms with Gasteiger partial charge in [-0.15, -0.1) is 0 Å². The minimum absolute atomic E-state index is 0.0610. The van der Waals surface area contributed by atoms with Crippen LogP contribution in [0.3, 0.4) is 0 Å². The Labute approximate surface area is 310 Å². The number of hydrogen-bond acceptors (Lipinski definition) is 6. The number of benzene rings is 4. The number of piperidine rings is 1. The lowest BCUT2D eigenvalue weighted by molar-refractivity contribution is -0.233. The number of para-hydroxylation sites is 1. The number of amides is 2. The van der Waals surface area contributed by atoms with Gasteiger partial charge in [0.2, 0.25) is 5.91 Å². The highest BCUT2D eigenvalue weighted by Crippen LogP contribution is 2.46. The number of aryl methyl sites for hydroxylation is 1. The summed E-state index contributed by atoms with van der Waals surface area (Å²) in [5.74, 6) is -2.65. The molecule has 0 aliphatic carbocycles. The van der Waals surface area contributed by atoms with Crippen LogP contribution in [0.1, 0.15) is 29.5 Å². The van der Waals surface area contributed by atoms with Crippen molar-refractivity contribution in [2.45, 2.75) is 44.3 Å². The fourth-order valence-corrected chi connectivity index (χ4v) is 7.23. The summed E-state index contributed by atoms with van der Waals surface area (Å²) in [4.78, 5) is 54.3. The molecule has 1 aliphatic rings. The Morgan fingerprint density at radius 2 is 1.51 bits per heavy atom. The zero-order valence-corrected chi connectivity index (χ0v) is 29.6. The quantitative estimate of drug-likeness (QED) is 0.129. The van der Waals surface area contributed by atoms with Gasteiger partial charge in [0, 0.05) is 31.9 Å². The van der Waals surface area contributed by atoms with E-state index >= 15 is 0 Å². The van der Waals surface area contributed by atoms with Crippen LogP contribution in [0.5, 0.6) is 0 Å². The first-order valence-electron chi connectivity index (χ1n) is 17.2. The molecule has 15 heteroatoms. The van der Waals surface area contributed by atoms with Gasteiger partial charge in [-0.25, -0.2) is 9.59 Å². The summed E-state index contributed by atoms with van der Waals surface area (Å²) >= 11 is 0. The third kappa shape index (κ3) is 7.47. The van der Waals surface area contributed by atoms with Crippen LogP contribution in [0.15, 0.2) is 95.8 Å². The maximum atomic E-state index is 14.9. The third-order valence-electron chi connectivity index (χ3n) is 10.0. The fourth-order valence-electron chi connectivity index (χ4n) is 7.23. The first-order chi connectivity index (χ1) is 26.1. The Morgan fingerprint density at radius 3 is 2.20 bits per heavy atom. The summed E-state index contributed by atoms with van der Waals surface area (Å²) in [5.41, 5.74) is -4.88. The lowest BCUT2D eigenvalue weighted by Crippen LogP contribution is -2.62. The number of nitrogens with one attached hydrogen (secondary N) is 1. The van der Waals surface area contributed by atoms with Crippen LogP contribution < -0.4 is 10.9 Å². The van der Waals surface area contributed by atoms with E-state index in [-0.39, 0.29) is 52.4 Å². The average molecular weight is 768 g/mol. The first-order valence-corrected chi connectivity index (χ1v) is 17.2. The molecular formula is C40H35F6N3O6. The van der Waals surface area contributed by atoms with Crippen molar-refractivity contribution in [3.05, 3.63) is 118 Å². The molecule has 0 saturated carbocycles. The molecule has 2 atom stereocenters. The van der Waals surface area contributed by atoms with Gasteiger partial charge in [-0.05, 0) is 46.4 Å². The predicted molar refractivity (Wildman–Crippen MR) is 191 cm³/mol. The number of fused-ring (bicyclic) bond motifs is 2. The lowest BCUT2D eigenvalue weighted by Gasteiger charge is -2.42. The molecule has 1 fully saturated rings. The highest BCUT2D eigenvalue weighted by Gasteiger charge is 2.62. The molecule has 9 nitrogen and oxygen atoms in total. The molecule has 6 rings (SSSR count). The van der Waals surface area contributed by atoms with E-state index in [1.807, 2.05) is 0 Å². The number of carbonyl (C=O) groups is 3. The minimum atomic E-state index is -5.16. The van der Waals surface area contributed by atoms with E-state index in [0.717, 1.165) is 16.6 Å². The van der Waals surface area contributed by atoms with E-state index in [9.17, 15) is 45.5 Å². The molecule has 55 heavy (non-hydrogen) atoms. The number of aromatic nitrogens is 1. The fraction of sp³-hybridized carbons (Fsp3) is 0.300. The Hall–Kier alpha value is -5.86. The number of halogens is 6. The van der Waals surface area contributed by atoms with E-state index in [4.69, 9.17) is 9.47 Å². The largest absolute Gasteiger partial charge is 0.467 e. The van der Waals surface area contributed by atoms with Crippen molar-refractivity contribution in [1.82, 2.24) is 14.8 Å². The molecule has 1 saturated heterocycles. The Bertz CT molecular complexity index is 2330. The van der Waals surface area contributed by atoms with E-state index in [2.05, 4.69) is 5.32 Å². The summed E-state index contributed by atoms with van der Waals surface area (Å²) in [6.45, 7) is -1.37. The monoisotopic (exact) mass is 767 g/mol. The van der Waals surface area contributed by atoms with Crippen LogP contribution in [0.25, 0.3) is 32.8 Å². The lowest BCUT2D eigenvalue weighted by atomic mass is 9.78. The molecule has 1 N–H and O–H groups in total. The van der Waals surface area contributed by atoms with Gasteiger partial charge in [-0.1, -0.05) is 84.9 Å². The van der Waals surface area contributed by atoms with Crippen molar-refractivity contribution in [3.8, 4) is 11.1 Å². The van der Waals surface area contributed by atoms with Crippen LogP contribution in [-0.2, 0) is 45.3 Å². The standard InChI is InChI=1S/C40H35F6N3O6/c1-48-31-18-7-6-14-29(31)33(39(41,42)43)32(34(48)50)28-17-9-15-26-25(13-8-16-27(26)28)21-30(35(51)54-2)47-36(52)38(40(44,45)46)19-10-20-49(23-38)37(53)55-22-24-11-4-3-5-12-24/h3-9,11-18,30H,10,19-23H2,1-2H3,(H,47,52)/t30-,38?/m0/s1. The maximum absolute atomic E-state index is 14.9. The van der Waals surface area contributed by atoms with Crippen molar-refractivity contribution in [3.63, 3.8) is 0 Å². The SMILES string of the molecule is COC(=O)[C@H](Cc1cccc2c(-c3c(C(F)(F)F)c4ccccc4n(C)c3=O)cccc12)NC(=O)C1(C(F)(F)F)CCCN(C(=O)OCc2ccccc2)C1. The van der Waals surface area contributed by atoms with Crippen LogP contribution in [-0.4, -0.2) is 59.9 Å². The number of alkyl halides is 6. The van der Waals surface area contributed by atoms with Crippen molar-refractivity contribution in [2.24, 2.45) is 12.5 Å². The van der Waals surface area contributed by atoms with E-state index in [0.29, 0.717) is 5.56 Å². The molecule has 0 bridgehead atoms. The van der Waals surface area contributed by atoms with Gasteiger partial charge < -0.3 is 24.3 Å². The number of nitrogens with zero attached hydrogens (tertiary/aromatic N) is 2. The predicted octanol–water partition coefficient (Wildman–Crippen LogP) is 7.56. The van der Waals surface area contributed by atoms with Crippen LogP contribution in [0.2, 0.25) is 0 Å². The summed E-state index contributed by atoms with van der Waals surface area (Å²) in [6.07, 6.45) is -12.5. The van der Waals surface area contributed by atoms with Gasteiger partial charge in [0.1, 0.15) is 12.6 Å². The number of esters is 1. The topological polar surface area (TPSA) is 107 Å². The minimum Gasteiger partial charge on any atom is -0.467 e. The highest BCUT2D eigenvalue weighted by atomic mass is 19.4. The smallest absolute Gasteiger partial charge is 0.417 e. The van der Waals surface area contributed by atoms with E-state index in [1.165, 1.54) is 67.7 Å². The number of rotatable bonds is 8. The summed E-state index contributed by atoms with van der Waals surface area (Å²) in [7, 11) is 2.35. The van der Waals surface area contributed by atoms with Gasteiger partial charge in [-0.2, -0.15) is 26.3 Å². The normalized spacial score (nSPS) is 16.8. The molecule has 1 aliphatic heterocycles. The van der Waals surface area contributed by atoms with Gasteiger partial charge in [0.25, 0.3) is 5.56 Å². The number of methoxy groups -OCH3 is 1. The Kier molecular flexibility index (Phi) is 10.7. The molecule has 0 spiro atoms. The molecule has 1 unspecified atom stereocenters. The number of pyridine rings is 1. The molecule has 4 aromatic carbocycles. The van der Waals surface area contributed by atoms with E-state index in [1.54, 1.807) is 30.3 Å². The second-order valence-corrected chi connectivity index (χ2v) is 13.3. The third-order valence-corrected chi connectivity index (χ3v) is 10.0. The van der Waals surface area contributed by atoms with E-state index < -0.39 is 77.9 Å². The molecular weight excluding hydrogens is 732 g/mol. The molecule has 2 heterocycles. The summed E-state index contributed by atoms with van der Waals surface area (Å²) in [5, 5.41) is 2.49. The van der Waals surface area contributed by atoms with Crippen molar-refractivity contribution in [2.75, 3.05) is 20.2 Å². The Balaban J connectivity index is 1.34. The first kappa shape index (κ1) is 38.9. The molecule has 2 amide bonds. The van der Waals surface area contributed by atoms with Crippen LogP contribution >= 0.6 is 0 Å². The highest BCUT2D eigenvalue weighted by molar-refractivity contribution is 6.02. The maximum Gasteiger partial charge on any atom is 0.417 e. The molecule has 1 aromatic heterocycles. The second-order valence-electron chi connectivity index (χ2n) is 13.3. The van der Waals surface area contributed by atoms with Crippen molar-refractivity contribution >= 4 is 39.6 Å².